The number of hydrogen-bond acceptors (Lipinski definition) is 3. The monoisotopic (exact) mass is 250 g/mol. The zero-order valence-corrected chi connectivity index (χ0v) is 10.8. The van der Waals surface area contributed by atoms with E-state index in [2.05, 4.69) is 17.2 Å². The van der Waals surface area contributed by atoms with Gasteiger partial charge in [0.25, 0.3) is 0 Å². The number of rotatable bonds is 4. The van der Waals surface area contributed by atoms with E-state index in [9.17, 15) is 4.39 Å². The minimum atomic E-state index is -0.130. The summed E-state index contributed by atoms with van der Waals surface area (Å²) >= 11 is 1.64. The SMILES string of the molecule is CNc1nc(CCc2ccccc2F)c(C)s1. The summed E-state index contributed by atoms with van der Waals surface area (Å²) in [7, 11) is 1.86. The molecule has 0 unspecified atom stereocenters. The van der Waals surface area contributed by atoms with Crippen LogP contribution in [0.25, 0.3) is 0 Å². The van der Waals surface area contributed by atoms with Gasteiger partial charge >= 0.3 is 0 Å². The molecule has 0 atom stereocenters. The Morgan fingerprint density at radius 3 is 2.71 bits per heavy atom. The second kappa shape index (κ2) is 5.27. The van der Waals surface area contributed by atoms with Crippen LogP contribution in [-0.2, 0) is 12.8 Å². The number of thiazole rings is 1. The number of nitrogens with one attached hydrogen (secondary N) is 1. The Balaban J connectivity index is 2.07. The fourth-order valence-electron chi connectivity index (χ4n) is 1.72. The van der Waals surface area contributed by atoms with E-state index in [1.54, 1.807) is 17.4 Å². The van der Waals surface area contributed by atoms with Gasteiger partial charge in [0, 0.05) is 11.9 Å². The first-order chi connectivity index (χ1) is 8.20. The second-order valence-corrected chi connectivity index (χ2v) is 5.07. The molecule has 0 aliphatic carbocycles. The van der Waals surface area contributed by atoms with E-state index in [4.69, 9.17) is 0 Å². The van der Waals surface area contributed by atoms with E-state index in [1.807, 2.05) is 19.2 Å². The van der Waals surface area contributed by atoms with Crippen molar-refractivity contribution in [2.24, 2.45) is 0 Å². The fraction of sp³-hybridized carbons (Fsp3) is 0.308. The molecule has 2 nitrogen and oxygen atoms in total. The Hall–Kier alpha value is -1.42. The summed E-state index contributed by atoms with van der Waals surface area (Å²) in [6.45, 7) is 2.05. The molecule has 0 spiro atoms. The number of hydrogen-bond donors (Lipinski definition) is 1. The van der Waals surface area contributed by atoms with Crippen molar-refractivity contribution in [1.29, 1.82) is 0 Å². The van der Waals surface area contributed by atoms with Gasteiger partial charge in [-0.3, -0.25) is 0 Å². The molecule has 1 aromatic carbocycles. The van der Waals surface area contributed by atoms with Gasteiger partial charge in [0.1, 0.15) is 5.82 Å². The topological polar surface area (TPSA) is 24.9 Å². The van der Waals surface area contributed by atoms with Crippen LogP contribution in [0.3, 0.4) is 0 Å². The highest BCUT2D eigenvalue weighted by Crippen LogP contribution is 2.23. The number of benzene rings is 1. The van der Waals surface area contributed by atoms with E-state index in [0.29, 0.717) is 6.42 Å². The Morgan fingerprint density at radius 2 is 2.06 bits per heavy atom. The molecular formula is C13H15FN2S. The molecule has 1 N–H and O–H groups in total. The van der Waals surface area contributed by atoms with Crippen LogP contribution in [-0.4, -0.2) is 12.0 Å². The van der Waals surface area contributed by atoms with Crippen LogP contribution in [0, 0.1) is 12.7 Å². The normalized spacial score (nSPS) is 10.5. The van der Waals surface area contributed by atoms with Gasteiger partial charge in [-0.25, -0.2) is 9.37 Å². The summed E-state index contributed by atoms with van der Waals surface area (Å²) in [6, 6.07) is 6.91. The van der Waals surface area contributed by atoms with Crippen molar-refractivity contribution in [3.8, 4) is 0 Å². The lowest BCUT2D eigenvalue weighted by atomic mass is 10.1. The van der Waals surface area contributed by atoms with Crippen molar-refractivity contribution in [2.45, 2.75) is 19.8 Å². The predicted molar refractivity (Wildman–Crippen MR) is 70.2 cm³/mol. The Bertz CT molecular complexity index is 508. The van der Waals surface area contributed by atoms with Crippen molar-refractivity contribution >= 4 is 16.5 Å². The largest absolute Gasteiger partial charge is 0.365 e. The molecule has 0 aliphatic heterocycles. The van der Waals surface area contributed by atoms with Gasteiger partial charge in [0.15, 0.2) is 5.13 Å². The average molecular weight is 250 g/mol. The van der Waals surface area contributed by atoms with Crippen LogP contribution in [0.5, 0.6) is 0 Å². The molecule has 0 amide bonds. The third-order valence-electron chi connectivity index (χ3n) is 2.70. The van der Waals surface area contributed by atoms with Gasteiger partial charge in [-0.05, 0) is 31.4 Å². The molecule has 90 valence electrons. The van der Waals surface area contributed by atoms with Gasteiger partial charge in [-0.1, -0.05) is 18.2 Å². The van der Waals surface area contributed by atoms with Gasteiger partial charge in [0.05, 0.1) is 5.69 Å². The standard InChI is InChI=1S/C13H15FN2S/c1-9-12(16-13(15-2)17-9)8-7-10-5-3-4-6-11(10)14/h3-6H,7-8H2,1-2H3,(H,15,16). The summed E-state index contributed by atoms with van der Waals surface area (Å²) in [4.78, 5) is 5.66. The van der Waals surface area contributed by atoms with Crippen LogP contribution in [0.2, 0.25) is 0 Å². The summed E-state index contributed by atoms with van der Waals surface area (Å²) in [5.74, 6) is -0.130. The first-order valence-corrected chi connectivity index (χ1v) is 6.40. The molecule has 17 heavy (non-hydrogen) atoms. The number of aryl methyl sites for hydroxylation is 3. The summed E-state index contributed by atoms with van der Waals surface area (Å²) in [5.41, 5.74) is 1.81. The van der Waals surface area contributed by atoms with Gasteiger partial charge in [-0.15, -0.1) is 11.3 Å². The maximum absolute atomic E-state index is 13.4. The smallest absolute Gasteiger partial charge is 0.182 e. The third-order valence-corrected chi connectivity index (χ3v) is 3.73. The maximum atomic E-state index is 13.4. The lowest BCUT2D eigenvalue weighted by molar-refractivity contribution is 0.608. The van der Waals surface area contributed by atoms with Crippen molar-refractivity contribution in [2.75, 3.05) is 12.4 Å². The Kier molecular flexibility index (Phi) is 3.74. The molecule has 1 heterocycles. The summed E-state index contributed by atoms with van der Waals surface area (Å²) in [5, 5.41) is 3.95. The van der Waals surface area contributed by atoms with Crippen LogP contribution < -0.4 is 5.32 Å². The lowest BCUT2D eigenvalue weighted by Crippen LogP contribution is -1.96. The highest BCUT2D eigenvalue weighted by atomic mass is 32.1. The molecule has 0 radical (unpaired) electrons. The van der Waals surface area contributed by atoms with Crippen molar-refractivity contribution < 1.29 is 4.39 Å². The molecule has 2 rings (SSSR count). The molecule has 0 saturated heterocycles. The van der Waals surface area contributed by atoms with E-state index < -0.39 is 0 Å². The van der Waals surface area contributed by atoms with Crippen LogP contribution in [0.4, 0.5) is 9.52 Å². The van der Waals surface area contributed by atoms with Gasteiger partial charge in [0.2, 0.25) is 0 Å². The molecule has 0 aliphatic rings. The zero-order chi connectivity index (χ0) is 12.3. The highest BCUT2D eigenvalue weighted by Gasteiger charge is 2.08. The number of halogens is 1. The minimum Gasteiger partial charge on any atom is -0.365 e. The summed E-state index contributed by atoms with van der Waals surface area (Å²) < 4.78 is 13.4. The number of nitrogens with zero attached hydrogens (tertiary/aromatic N) is 1. The number of aromatic nitrogens is 1. The second-order valence-electron chi connectivity index (χ2n) is 3.86. The molecule has 2 aromatic rings. The van der Waals surface area contributed by atoms with Crippen molar-refractivity contribution in [3.63, 3.8) is 0 Å². The van der Waals surface area contributed by atoms with Crippen LogP contribution in [0.15, 0.2) is 24.3 Å². The average Bonchev–Trinajstić information content (AvgIpc) is 2.69. The molecule has 0 saturated carbocycles. The van der Waals surface area contributed by atoms with E-state index in [1.165, 1.54) is 10.9 Å². The highest BCUT2D eigenvalue weighted by molar-refractivity contribution is 7.15. The predicted octanol–water partition coefficient (Wildman–Crippen LogP) is 3.42. The molecular weight excluding hydrogens is 235 g/mol. The fourth-order valence-corrected chi connectivity index (χ4v) is 2.53. The number of anilines is 1. The van der Waals surface area contributed by atoms with Crippen molar-refractivity contribution in [1.82, 2.24) is 4.98 Å². The first kappa shape index (κ1) is 12.0. The zero-order valence-electron chi connectivity index (χ0n) is 9.96. The lowest BCUT2D eigenvalue weighted by Gasteiger charge is -2.01. The van der Waals surface area contributed by atoms with Gasteiger partial charge < -0.3 is 5.32 Å². The Morgan fingerprint density at radius 1 is 1.29 bits per heavy atom. The van der Waals surface area contributed by atoms with Gasteiger partial charge in [-0.2, -0.15) is 0 Å². The summed E-state index contributed by atoms with van der Waals surface area (Å²) in [6.07, 6.45) is 1.48. The molecule has 4 heteroatoms. The Labute approximate surface area is 105 Å². The third kappa shape index (κ3) is 2.82. The van der Waals surface area contributed by atoms with E-state index in [0.717, 1.165) is 22.8 Å². The van der Waals surface area contributed by atoms with E-state index in [-0.39, 0.29) is 5.82 Å². The van der Waals surface area contributed by atoms with Crippen LogP contribution >= 0.6 is 11.3 Å². The molecule has 0 fully saturated rings. The van der Waals surface area contributed by atoms with Crippen molar-refractivity contribution in [3.05, 3.63) is 46.2 Å². The van der Waals surface area contributed by atoms with E-state index >= 15 is 0 Å². The van der Waals surface area contributed by atoms with Crippen LogP contribution in [0.1, 0.15) is 16.1 Å². The first-order valence-electron chi connectivity index (χ1n) is 5.58. The molecule has 1 aromatic heterocycles. The maximum Gasteiger partial charge on any atom is 0.182 e. The quantitative estimate of drug-likeness (QED) is 0.899. The molecule has 0 bridgehead atoms. The minimum absolute atomic E-state index is 0.130.